The summed E-state index contributed by atoms with van der Waals surface area (Å²) in [5.74, 6) is 0. The van der Waals surface area contributed by atoms with Gasteiger partial charge in [0.25, 0.3) is 0 Å². The van der Waals surface area contributed by atoms with Crippen molar-refractivity contribution in [3.05, 3.63) is 29.8 Å². The number of nitrogens with two attached hydrogens (primary N) is 1. The number of hydrogen-bond donors (Lipinski definition) is 1. The van der Waals surface area contributed by atoms with Crippen molar-refractivity contribution in [2.75, 3.05) is 46.3 Å². The molecule has 0 saturated heterocycles. The Labute approximate surface area is 116 Å². The normalized spacial score (nSPS) is 12.8. The van der Waals surface area contributed by atoms with E-state index in [4.69, 9.17) is 15.2 Å². The Morgan fingerprint density at radius 1 is 1.26 bits per heavy atom. The second-order valence-corrected chi connectivity index (χ2v) is 4.79. The third kappa shape index (κ3) is 6.05. The summed E-state index contributed by atoms with van der Waals surface area (Å²) in [6, 6.07) is 8.44. The van der Waals surface area contributed by atoms with E-state index < -0.39 is 0 Å². The molecule has 0 radical (unpaired) electrons. The van der Waals surface area contributed by atoms with Gasteiger partial charge in [0.1, 0.15) is 0 Å². The monoisotopic (exact) mass is 266 g/mol. The third-order valence-electron chi connectivity index (χ3n) is 3.29. The van der Waals surface area contributed by atoms with Crippen LogP contribution in [-0.2, 0) is 9.47 Å². The van der Waals surface area contributed by atoms with Gasteiger partial charge in [-0.15, -0.1) is 0 Å². The van der Waals surface area contributed by atoms with Crippen molar-refractivity contribution >= 4 is 5.69 Å². The molecule has 4 nitrogen and oxygen atoms in total. The summed E-state index contributed by atoms with van der Waals surface area (Å²) in [6.45, 7) is 5.31. The lowest BCUT2D eigenvalue weighted by Gasteiger charge is -2.25. The van der Waals surface area contributed by atoms with Crippen LogP contribution in [0, 0.1) is 0 Å². The molecule has 2 N–H and O–H groups in total. The van der Waals surface area contributed by atoms with Crippen LogP contribution in [0.3, 0.4) is 0 Å². The molecule has 1 rings (SSSR count). The molecule has 0 heterocycles. The first-order valence-electron chi connectivity index (χ1n) is 6.77. The first kappa shape index (κ1) is 16.0. The first-order valence-corrected chi connectivity index (χ1v) is 6.77. The SMILES string of the molecule is COCCOCCCN(C)C(C)c1cccc(N)c1. The van der Waals surface area contributed by atoms with Crippen molar-refractivity contribution in [2.45, 2.75) is 19.4 Å². The van der Waals surface area contributed by atoms with Crippen LogP contribution < -0.4 is 5.73 Å². The summed E-state index contributed by atoms with van der Waals surface area (Å²) < 4.78 is 10.4. The molecule has 0 amide bonds. The van der Waals surface area contributed by atoms with E-state index in [1.165, 1.54) is 5.56 Å². The quantitative estimate of drug-likeness (QED) is 0.550. The molecule has 108 valence electrons. The maximum atomic E-state index is 5.81. The number of anilines is 1. The maximum absolute atomic E-state index is 5.81. The number of nitrogen functional groups attached to an aromatic ring is 1. The molecule has 0 saturated carbocycles. The number of benzene rings is 1. The van der Waals surface area contributed by atoms with E-state index >= 15 is 0 Å². The fraction of sp³-hybridized carbons (Fsp3) is 0.600. The molecule has 1 atom stereocenters. The van der Waals surface area contributed by atoms with E-state index in [0.29, 0.717) is 19.3 Å². The number of methoxy groups -OCH3 is 1. The average molecular weight is 266 g/mol. The van der Waals surface area contributed by atoms with Crippen molar-refractivity contribution in [1.82, 2.24) is 4.90 Å². The van der Waals surface area contributed by atoms with Gasteiger partial charge in [0.05, 0.1) is 13.2 Å². The van der Waals surface area contributed by atoms with E-state index in [-0.39, 0.29) is 0 Å². The molecule has 1 unspecified atom stereocenters. The van der Waals surface area contributed by atoms with Gasteiger partial charge in [-0.25, -0.2) is 0 Å². The zero-order valence-electron chi connectivity index (χ0n) is 12.3. The molecule has 0 aromatic heterocycles. The largest absolute Gasteiger partial charge is 0.399 e. The Balaban J connectivity index is 2.27. The van der Waals surface area contributed by atoms with Crippen LogP contribution in [0.15, 0.2) is 24.3 Å². The lowest BCUT2D eigenvalue weighted by Crippen LogP contribution is -2.24. The predicted octanol–water partition coefficient (Wildman–Crippen LogP) is 2.31. The Morgan fingerprint density at radius 2 is 2.05 bits per heavy atom. The van der Waals surface area contributed by atoms with Crippen molar-refractivity contribution < 1.29 is 9.47 Å². The zero-order valence-corrected chi connectivity index (χ0v) is 12.3. The smallest absolute Gasteiger partial charge is 0.0700 e. The van der Waals surface area contributed by atoms with Gasteiger partial charge in [0, 0.05) is 32.0 Å². The molecule has 0 aliphatic carbocycles. The minimum absolute atomic E-state index is 0.363. The average Bonchev–Trinajstić information content (AvgIpc) is 2.41. The van der Waals surface area contributed by atoms with Gasteiger partial charge in [-0.2, -0.15) is 0 Å². The fourth-order valence-electron chi connectivity index (χ4n) is 1.93. The van der Waals surface area contributed by atoms with E-state index in [0.717, 1.165) is 25.3 Å². The second kappa shape index (κ2) is 8.91. The standard InChI is InChI=1S/C15H26N2O2/c1-13(14-6-4-7-15(16)12-14)17(2)8-5-9-19-11-10-18-3/h4,6-7,12-13H,5,8-11,16H2,1-3H3. The maximum Gasteiger partial charge on any atom is 0.0700 e. The number of ether oxygens (including phenoxy) is 2. The Morgan fingerprint density at radius 3 is 2.74 bits per heavy atom. The summed E-state index contributed by atoms with van der Waals surface area (Å²) in [6.07, 6.45) is 1.02. The highest BCUT2D eigenvalue weighted by Gasteiger charge is 2.11. The lowest BCUT2D eigenvalue weighted by atomic mass is 10.1. The third-order valence-corrected chi connectivity index (χ3v) is 3.29. The van der Waals surface area contributed by atoms with E-state index in [1.807, 2.05) is 18.2 Å². The number of nitrogens with zero attached hydrogens (tertiary/aromatic N) is 1. The van der Waals surface area contributed by atoms with Crippen molar-refractivity contribution in [1.29, 1.82) is 0 Å². The van der Waals surface area contributed by atoms with Gasteiger partial charge >= 0.3 is 0 Å². The van der Waals surface area contributed by atoms with Crippen molar-refractivity contribution in [3.63, 3.8) is 0 Å². The number of rotatable bonds is 9. The van der Waals surface area contributed by atoms with E-state index in [2.05, 4.69) is 24.9 Å². The summed E-state index contributed by atoms with van der Waals surface area (Å²) in [4.78, 5) is 2.31. The van der Waals surface area contributed by atoms with Crippen LogP contribution in [0.25, 0.3) is 0 Å². The Bertz CT molecular complexity index is 358. The topological polar surface area (TPSA) is 47.7 Å². The molecule has 1 aromatic carbocycles. The molecule has 0 spiro atoms. The molecular formula is C15H26N2O2. The Hall–Kier alpha value is -1.10. The van der Waals surface area contributed by atoms with Crippen LogP contribution in [-0.4, -0.2) is 45.4 Å². The van der Waals surface area contributed by atoms with Crippen LogP contribution in [0.5, 0.6) is 0 Å². The van der Waals surface area contributed by atoms with Gasteiger partial charge in [-0.3, -0.25) is 4.90 Å². The Kier molecular flexibility index (Phi) is 7.48. The highest BCUT2D eigenvalue weighted by atomic mass is 16.5. The molecule has 0 aliphatic heterocycles. The molecule has 4 heteroatoms. The van der Waals surface area contributed by atoms with Gasteiger partial charge in [-0.05, 0) is 38.1 Å². The van der Waals surface area contributed by atoms with Gasteiger partial charge in [-0.1, -0.05) is 12.1 Å². The molecule has 0 fully saturated rings. The van der Waals surface area contributed by atoms with Gasteiger partial charge in [0.15, 0.2) is 0 Å². The highest BCUT2D eigenvalue weighted by molar-refractivity contribution is 5.41. The van der Waals surface area contributed by atoms with E-state index in [9.17, 15) is 0 Å². The second-order valence-electron chi connectivity index (χ2n) is 4.79. The fourth-order valence-corrected chi connectivity index (χ4v) is 1.93. The number of hydrogen-bond acceptors (Lipinski definition) is 4. The summed E-state index contributed by atoms with van der Waals surface area (Å²) in [7, 11) is 3.81. The molecule has 0 bridgehead atoms. The molecule has 19 heavy (non-hydrogen) atoms. The molecule has 0 aliphatic rings. The van der Waals surface area contributed by atoms with E-state index in [1.54, 1.807) is 7.11 Å². The first-order chi connectivity index (χ1) is 9.15. The van der Waals surface area contributed by atoms with Crippen LogP contribution in [0.1, 0.15) is 24.9 Å². The molecule has 1 aromatic rings. The minimum atomic E-state index is 0.363. The van der Waals surface area contributed by atoms with Crippen LogP contribution in [0.4, 0.5) is 5.69 Å². The van der Waals surface area contributed by atoms with Crippen LogP contribution in [0.2, 0.25) is 0 Å². The molecular weight excluding hydrogens is 240 g/mol. The summed E-state index contributed by atoms with van der Waals surface area (Å²) >= 11 is 0. The van der Waals surface area contributed by atoms with Gasteiger partial charge in [0.2, 0.25) is 0 Å². The van der Waals surface area contributed by atoms with Crippen molar-refractivity contribution in [3.8, 4) is 0 Å². The van der Waals surface area contributed by atoms with Crippen molar-refractivity contribution in [2.24, 2.45) is 0 Å². The minimum Gasteiger partial charge on any atom is -0.399 e. The lowest BCUT2D eigenvalue weighted by molar-refractivity contribution is 0.0648. The van der Waals surface area contributed by atoms with Crippen LogP contribution >= 0.6 is 0 Å². The summed E-state index contributed by atoms with van der Waals surface area (Å²) in [5, 5.41) is 0. The predicted molar refractivity (Wildman–Crippen MR) is 79.2 cm³/mol. The highest BCUT2D eigenvalue weighted by Crippen LogP contribution is 2.20. The van der Waals surface area contributed by atoms with Gasteiger partial charge < -0.3 is 15.2 Å². The summed E-state index contributed by atoms with van der Waals surface area (Å²) in [5.41, 5.74) is 7.89. The zero-order chi connectivity index (χ0) is 14.1.